The third-order valence-corrected chi connectivity index (χ3v) is 5.88. The van der Waals surface area contributed by atoms with Gasteiger partial charge in [0.1, 0.15) is 6.04 Å². The topological polar surface area (TPSA) is 109 Å². The second-order valence-electron chi connectivity index (χ2n) is 5.95. The van der Waals surface area contributed by atoms with Crippen molar-refractivity contribution in [1.29, 1.82) is 0 Å². The fraction of sp³-hybridized carbons (Fsp3) is 0.294. The summed E-state index contributed by atoms with van der Waals surface area (Å²) in [4.78, 5) is 24.1. The zero-order valence-electron chi connectivity index (χ0n) is 14.1. The smallest absolute Gasteiger partial charge is 0.287 e. The van der Waals surface area contributed by atoms with Crippen LogP contribution in [-0.2, 0) is 14.8 Å². The van der Waals surface area contributed by atoms with E-state index in [2.05, 4.69) is 10.6 Å². The molecule has 138 valence electrons. The van der Waals surface area contributed by atoms with Gasteiger partial charge in [0.15, 0.2) is 5.76 Å². The van der Waals surface area contributed by atoms with Gasteiger partial charge in [0.05, 0.1) is 17.7 Å². The summed E-state index contributed by atoms with van der Waals surface area (Å²) in [6, 6.07) is 8.86. The van der Waals surface area contributed by atoms with E-state index in [0.29, 0.717) is 24.3 Å². The quantitative estimate of drug-likeness (QED) is 0.822. The van der Waals surface area contributed by atoms with Crippen LogP contribution >= 0.6 is 0 Å². The lowest BCUT2D eigenvalue weighted by Crippen LogP contribution is -2.41. The maximum absolute atomic E-state index is 12.2. The van der Waals surface area contributed by atoms with Crippen LogP contribution in [0.2, 0.25) is 0 Å². The van der Waals surface area contributed by atoms with Gasteiger partial charge in [-0.05, 0) is 49.7 Å². The molecule has 26 heavy (non-hydrogen) atoms. The van der Waals surface area contributed by atoms with Gasteiger partial charge in [0.25, 0.3) is 5.91 Å². The molecule has 8 nitrogen and oxygen atoms in total. The zero-order valence-corrected chi connectivity index (χ0v) is 15.0. The molecule has 0 unspecified atom stereocenters. The molecular weight excluding hydrogens is 358 g/mol. The van der Waals surface area contributed by atoms with Crippen LogP contribution in [0.25, 0.3) is 0 Å². The molecule has 9 heteroatoms. The number of furan rings is 1. The van der Waals surface area contributed by atoms with Crippen molar-refractivity contribution < 1.29 is 22.4 Å². The van der Waals surface area contributed by atoms with Gasteiger partial charge in [-0.2, -0.15) is 0 Å². The number of hydrogen-bond donors (Lipinski definition) is 2. The molecule has 1 aliphatic heterocycles. The highest BCUT2D eigenvalue weighted by atomic mass is 32.2. The van der Waals surface area contributed by atoms with E-state index in [1.54, 1.807) is 37.3 Å². The first-order valence-electron chi connectivity index (χ1n) is 8.12. The van der Waals surface area contributed by atoms with Crippen LogP contribution in [0.1, 0.15) is 23.9 Å². The molecule has 2 aromatic rings. The molecule has 3 rings (SSSR count). The molecular formula is C17H19N3O5S. The van der Waals surface area contributed by atoms with Gasteiger partial charge in [-0.25, -0.2) is 8.42 Å². The minimum Gasteiger partial charge on any atom is -0.459 e. The molecule has 1 aliphatic rings. The Labute approximate surface area is 151 Å². The molecule has 1 fully saturated rings. The van der Waals surface area contributed by atoms with E-state index in [1.807, 2.05) is 0 Å². The summed E-state index contributed by atoms with van der Waals surface area (Å²) in [6.07, 6.45) is 1.98. The van der Waals surface area contributed by atoms with E-state index < -0.39 is 27.9 Å². The lowest BCUT2D eigenvalue weighted by Gasteiger charge is -2.18. The van der Waals surface area contributed by atoms with Crippen LogP contribution in [-0.4, -0.2) is 38.6 Å². The monoisotopic (exact) mass is 377 g/mol. The Kier molecular flexibility index (Phi) is 4.99. The predicted octanol–water partition coefficient (Wildman–Crippen LogP) is 1.58. The van der Waals surface area contributed by atoms with Gasteiger partial charge in [-0.3, -0.25) is 13.9 Å². The molecule has 1 aromatic carbocycles. The van der Waals surface area contributed by atoms with Crippen LogP contribution < -0.4 is 14.9 Å². The molecule has 0 bridgehead atoms. The number of benzene rings is 1. The fourth-order valence-corrected chi connectivity index (χ4v) is 4.20. The molecule has 2 heterocycles. The van der Waals surface area contributed by atoms with E-state index in [4.69, 9.17) is 4.42 Å². The lowest BCUT2D eigenvalue weighted by atomic mass is 10.2. The SMILES string of the molecule is C[C@H](NC(=O)c1ccco1)C(=O)Nc1ccc(N2CCCS2(=O)=O)cc1. The van der Waals surface area contributed by atoms with Crippen LogP contribution in [0.5, 0.6) is 0 Å². The van der Waals surface area contributed by atoms with Crippen molar-refractivity contribution in [3.63, 3.8) is 0 Å². The number of nitrogens with zero attached hydrogens (tertiary/aromatic N) is 1. The molecule has 2 N–H and O–H groups in total. The Bertz CT molecular complexity index is 891. The normalized spacial score (nSPS) is 16.9. The van der Waals surface area contributed by atoms with Crippen LogP contribution in [0.4, 0.5) is 11.4 Å². The summed E-state index contributed by atoms with van der Waals surface area (Å²) in [5, 5.41) is 5.22. The summed E-state index contributed by atoms with van der Waals surface area (Å²) < 4.78 is 30.2. The van der Waals surface area contributed by atoms with Crippen molar-refractivity contribution in [2.24, 2.45) is 0 Å². The van der Waals surface area contributed by atoms with Gasteiger partial charge >= 0.3 is 0 Å². The standard InChI is InChI=1S/C17H19N3O5S/c1-12(18-17(22)15-4-2-10-25-15)16(21)19-13-5-7-14(8-6-13)20-9-3-11-26(20,23)24/h2,4-8,10,12H,3,9,11H2,1H3,(H,18,22)(H,19,21)/t12-/m0/s1. The number of hydrogen-bond acceptors (Lipinski definition) is 5. The predicted molar refractivity (Wildman–Crippen MR) is 96.5 cm³/mol. The van der Waals surface area contributed by atoms with E-state index >= 15 is 0 Å². The fourth-order valence-electron chi connectivity index (χ4n) is 2.63. The number of carbonyl (C=O) groups excluding carboxylic acids is 2. The Morgan fingerprint density at radius 1 is 1.19 bits per heavy atom. The second kappa shape index (κ2) is 7.20. The Balaban J connectivity index is 1.60. The van der Waals surface area contributed by atoms with E-state index in [0.717, 1.165) is 0 Å². The van der Waals surface area contributed by atoms with Crippen molar-refractivity contribution in [3.8, 4) is 0 Å². The van der Waals surface area contributed by atoms with Gasteiger partial charge in [-0.15, -0.1) is 0 Å². The van der Waals surface area contributed by atoms with Crippen molar-refractivity contribution in [2.75, 3.05) is 21.9 Å². The third kappa shape index (κ3) is 3.88. The summed E-state index contributed by atoms with van der Waals surface area (Å²) in [5.41, 5.74) is 1.08. The van der Waals surface area contributed by atoms with E-state index in [1.165, 1.54) is 16.6 Å². The van der Waals surface area contributed by atoms with E-state index in [-0.39, 0.29) is 11.5 Å². The van der Waals surface area contributed by atoms with Crippen molar-refractivity contribution in [1.82, 2.24) is 5.32 Å². The highest BCUT2D eigenvalue weighted by Crippen LogP contribution is 2.25. The maximum atomic E-state index is 12.2. The Morgan fingerprint density at radius 3 is 2.50 bits per heavy atom. The average molecular weight is 377 g/mol. The maximum Gasteiger partial charge on any atom is 0.287 e. The second-order valence-corrected chi connectivity index (χ2v) is 7.96. The zero-order chi connectivity index (χ0) is 18.7. The summed E-state index contributed by atoms with van der Waals surface area (Å²) in [7, 11) is -3.23. The van der Waals surface area contributed by atoms with E-state index in [9.17, 15) is 18.0 Å². The highest BCUT2D eigenvalue weighted by Gasteiger charge is 2.28. The summed E-state index contributed by atoms with van der Waals surface area (Å²) >= 11 is 0. The Morgan fingerprint density at radius 2 is 1.92 bits per heavy atom. The van der Waals surface area contributed by atoms with Crippen molar-refractivity contribution >= 4 is 33.2 Å². The van der Waals surface area contributed by atoms with Gasteiger partial charge in [0.2, 0.25) is 15.9 Å². The van der Waals surface area contributed by atoms with Gasteiger partial charge in [0, 0.05) is 12.2 Å². The molecule has 2 amide bonds. The number of amides is 2. The van der Waals surface area contributed by atoms with Crippen molar-refractivity contribution in [3.05, 3.63) is 48.4 Å². The van der Waals surface area contributed by atoms with Crippen LogP contribution in [0.3, 0.4) is 0 Å². The molecule has 1 atom stereocenters. The highest BCUT2D eigenvalue weighted by molar-refractivity contribution is 7.93. The number of carbonyl (C=O) groups is 2. The largest absolute Gasteiger partial charge is 0.459 e. The molecule has 0 saturated carbocycles. The summed E-state index contributed by atoms with van der Waals surface area (Å²) in [6.45, 7) is 2.02. The van der Waals surface area contributed by atoms with Crippen LogP contribution in [0, 0.1) is 0 Å². The number of nitrogens with one attached hydrogen (secondary N) is 2. The molecule has 0 spiro atoms. The minimum atomic E-state index is -3.23. The first-order chi connectivity index (χ1) is 12.4. The first-order valence-corrected chi connectivity index (χ1v) is 9.73. The molecule has 1 aromatic heterocycles. The van der Waals surface area contributed by atoms with Gasteiger partial charge < -0.3 is 15.1 Å². The number of sulfonamides is 1. The van der Waals surface area contributed by atoms with Gasteiger partial charge in [-0.1, -0.05) is 0 Å². The van der Waals surface area contributed by atoms with Crippen LogP contribution in [0.15, 0.2) is 47.1 Å². The number of rotatable bonds is 5. The summed E-state index contributed by atoms with van der Waals surface area (Å²) in [5.74, 6) is -0.599. The molecule has 0 aliphatic carbocycles. The van der Waals surface area contributed by atoms with Crippen molar-refractivity contribution in [2.45, 2.75) is 19.4 Å². The lowest BCUT2D eigenvalue weighted by molar-refractivity contribution is -0.117. The molecule has 1 saturated heterocycles. The Hall–Kier alpha value is -2.81. The average Bonchev–Trinajstić information content (AvgIpc) is 3.25. The first kappa shape index (κ1) is 18.0. The molecule has 0 radical (unpaired) electrons. The number of anilines is 2. The third-order valence-electron chi connectivity index (χ3n) is 4.01. The minimum absolute atomic E-state index is 0.126.